The zero-order valence-electron chi connectivity index (χ0n) is 34.2. The Morgan fingerprint density at radius 2 is 0.772 bits per heavy atom. The van der Waals surface area contributed by atoms with Gasteiger partial charge in [0.2, 0.25) is 0 Å². The van der Waals surface area contributed by atoms with Gasteiger partial charge in [-0.05, 0) is 69.5 Å². The second-order valence-corrected chi connectivity index (χ2v) is 15.2. The number of nitrogens with zero attached hydrogens (tertiary/aromatic N) is 2. The van der Waals surface area contributed by atoms with Crippen molar-refractivity contribution in [2.45, 2.75) is 109 Å². The molecular formula is C53H60N2O2. The first-order valence-electron chi connectivity index (χ1n) is 21.2. The molecule has 6 rings (SSSR count). The highest BCUT2D eigenvalue weighted by molar-refractivity contribution is 5.78. The maximum Gasteiger partial charge on any atom is 0.176 e. The summed E-state index contributed by atoms with van der Waals surface area (Å²) < 4.78 is 12.0. The Bertz CT molecular complexity index is 2000. The van der Waals surface area contributed by atoms with Crippen molar-refractivity contribution in [2.24, 2.45) is 0 Å². The second kappa shape index (κ2) is 23.1. The van der Waals surface area contributed by atoms with Gasteiger partial charge in [0, 0.05) is 26.1 Å². The van der Waals surface area contributed by atoms with Gasteiger partial charge in [-0.15, -0.1) is 0 Å². The SMILES string of the molecule is CCCCCCCCOC1(C#N)C=CC(c2ccc(-c3ccccc3)cc2)=CC1.CCCCCCCOC1(C#N)C=CC(c2ccc(-c3ccccc3)cc2)=CC1. The van der Waals surface area contributed by atoms with Crippen molar-refractivity contribution >= 4 is 11.1 Å². The molecule has 0 amide bonds. The standard InChI is InChI=1S/C27H31NO.C26H29NO/c1-2-3-4-5-6-10-21-29-27(22-28)19-17-26(18-20-27)25-15-13-24(14-16-25)23-11-8-7-9-12-23;1-2-3-4-5-9-20-28-26(21-27)18-16-25(17-19-26)24-14-12-23(13-15-24)22-10-7-6-8-11-22/h7-9,11-19H,2-6,10,20-21H2,1H3;6-8,10-18H,2-5,9,19-20H2,1H3. The highest BCUT2D eigenvalue weighted by atomic mass is 16.5. The fourth-order valence-corrected chi connectivity index (χ4v) is 7.18. The largest absolute Gasteiger partial charge is 0.356 e. The van der Waals surface area contributed by atoms with E-state index in [2.05, 4.69) is 135 Å². The third-order valence-electron chi connectivity index (χ3n) is 10.8. The van der Waals surface area contributed by atoms with Gasteiger partial charge < -0.3 is 9.47 Å². The second-order valence-electron chi connectivity index (χ2n) is 15.2. The number of hydrogen-bond donors (Lipinski definition) is 0. The van der Waals surface area contributed by atoms with E-state index in [1.165, 1.54) is 91.2 Å². The van der Waals surface area contributed by atoms with Gasteiger partial charge in [0.25, 0.3) is 0 Å². The summed E-state index contributed by atoms with van der Waals surface area (Å²) >= 11 is 0. The monoisotopic (exact) mass is 756 g/mol. The first-order valence-corrected chi connectivity index (χ1v) is 21.2. The molecule has 0 radical (unpaired) electrons. The molecule has 2 aliphatic carbocycles. The molecule has 4 nitrogen and oxygen atoms in total. The molecule has 4 aromatic carbocycles. The number of allylic oxidation sites excluding steroid dienone is 4. The Morgan fingerprint density at radius 3 is 1.11 bits per heavy atom. The molecule has 4 heteroatoms. The van der Waals surface area contributed by atoms with Crippen molar-refractivity contribution in [3.05, 3.63) is 157 Å². The average molecular weight is 757 g/mol. The number of unbranched alkanes of at least 4 members (excludes halogenated alkanes) is 9. The zero-order chi connectivity index (χ0) is 40.0. The number of hydrogen-bond acceptors (Lipinski definition) is 4. The maximum atomic E-state index is 9.68. The van der Waals surface area contributed by atoms with Crippen LogP contribution in [0.3, 0.4) is 0 Å². The predicted octanol–water partition coefficient (Wildman–Crippen LogP) is 14.3. The summed E-state index contributed by atoms with van der Waals surface area (Å²) in [7, 11) is 0. The molecule has 2 aliphatic rings. The van der Waals surface area contributed by atoms with Gasteiger partial charge in [0.1, 0.15) is 12.1 Å². The van der Waals surface area contributed by atoms with E-state index in [1.54, 1.807) is 0 Å². The zero-order valence-corrected chi connectivity index (χ0v) is 34.2. The molecule has 0 fully saturated rings. The Labute approximate surface area is 342 Å². The molecule has 0 bridgehead atoms. The van der Waals surface area contributed by atoms with Gasteiger partial charge in [-0.2, -0.15) is 10.5 Å². The van der Waals surface area contributed by atoms with Gasteiger partial charge in [0.15, 0.2) is 11.2 Å². The molecule has 0 saturated carbocycles. The van der Waals surface area contributed by atoms with Crippen molar-refractivity contribution in [3.63, 3.8) is 0 Å². The molecule has 2 atom stereocenters. The lowest BCUT2D eigenvalue weighted by atomic mass is 9.89. The van der Waals surface area contributed by atoms with Gasteiger partial charge in [-0.25, -0.2) is 0 Å². The number of nitriles is 2. The van der Waals surface area contributed by atoms with Crippen molar-refractivity contribution in [1.82, 2.24) is 0 Å². The first-order chi connectivity index (χ1) is 28.0. The summed E-state index contributed by atoms with van der Waals surface area (Å²) in [4.78, 5) is 0. The highest BCUT2D eigenvalue weighted by Crippen LogP contribution is 2.32. The van der Waals surface area contributed by atoms with Crippen LogP contribution in [0.25, 0.3) is 33.4 Å². The van der Waals surface area contributed by atoms with Crippen molar-refractivity contribution in [1.29, 1.82) is 10.5 Å². The van der Waals surface area contributed by atoms with E-state index < -0.39 is 11.2 Å². The van der Waals surface area contributed by atoms with Crippen LogP contribution in [-0.4, -0.2) is 24.4 Å². The van der Waals surface area contributed by atoms with E-state index in [0.717, 1.165) is 24.0 Å². The molecule has 0 saturated heterocycles. The van der Waals surface area contributed by atoms with Crippen LogP contribution < -0.4 is 0 Å². The van der Waals surface area contributed by atoms with Crippen LogP contribution in [-0.2, 0) is 9.47 Å². The van der Waals surface area contributed by atoms with E-state index in [-0.39, 0.29) is 0 Å². The van der Waals surface area contributed by atoms with Gasteiger partial charge >= 0.3 is 0 Å². The lowest BCUT2D eigenvalue weighted by Gasteiger charge is -2.25. The van der Waals surface area contributed by atoms with E-state index in [9.17, 15) is 10.5 Å². The van der Waals surface area contributed by atoms with Crippen LogP contribution in [0.1, 0.15) is 108 Å². The van der Waals surface area contributed by atoms with E-state index >= 15 is 0 Å². The number of ether oxygens (including phenoxy) is 2. The highest BCUT2D eigenvalue weighted by Gasteiger charge is 2.30. The Balaban J connectivity index is 0.000000218. The third-order valence-corrected chi connectivity index (χ3v) is 10.8. The fourth-order valence-electron chi connectivity index (χ4n) is 7.18. The number of benzene rings is 4. The summed E-state index contributed by atoms with van der Waals surface area (Å²) in [6.45, 7) is 5.75. The molecule has 2 unspecified atom stereocenters. The van der Waals surface area contributed by atoms with Crippen LogP contribution in [0.2, 0.25) is 0 Å². The van der Waals surface area contributed by atoms with E-state index in [0.29, 0.717) is 26.1 Å². The average Bonchev–Trinajstić information content (AvgIpc) is 3.28. The molecule has 0 heterocycles. The van der Waals surface area contributed by atoms with Crippen LogP contribution in [0.4, 0.5) is 0 Å². The van der Waals surface area contributed by atoms with Crippen molar-refractivity contribution in [2.75, 3.05) is 13.2 Å². The summed E-state index contributed by atoms with van der Waals surface area (Å²) in [6.07, 6.45) is 26.7. The topological polar surface area (TPSA) is 66.0 Å². The van der Waals surface area contributed by atoms with Crippen molar-refractivity contribution in [3.8, 4) is 34.4 Å². The maximum absolute atomic E-state index is 9.68. The van der Waals surface area contributed by atoms with Crippen LogP contribution in [0.5, 0.6) is 0 Å². The molecule has 4 aromatic rings. The summed E-state index contributed by atoms with van der Waals surface area (Å²) in [6, 6.07) is 42.7. The minimum Gasteiger partial charge on any atom is -0.356 e. The van der Waals surface area contributed by atoms with Gasteiger partial charge in [-0.1, -0.05) is 205 Å². The Hall–Kier alpha value is -5.26. The van der Waals surface area contributed by atoms with E-state index in [4.69, 9.17) is 9.47 Å². The molecular weight excluding hydrogens is 697 g/mol. The van der Waals surface area contributed by atoms with Crippen LogP contribution in [0, 0.1) is 22.7 Å². The minimum atomic E-state index is -0.809. The summed E-state index contributed by atoms with van der Waals surface area (Å²) in [5.74, 6) is 0. The third kappa shape index (κ3) is 13.2. The summed E-state index contributed by atoms with van der Waals surface area (Å²) in [5.41, 5.74) is 7.89. The van der Waals surface area contributed by atoms with Crippen molar-refractivity contribution < 1.29 is 9.47 Å². The Morgan fingerprint density at radius 1 is 0.439 bits per heavy atom. The van der Waals surface area contributed by atoms with E-state index in [1.807, 2.05) is 36.4 Å². The first kappa shape index (κ1) is 42.9. The number of rotatable bonds is 19. The van der Waals surface area contributed by atoms with Crippen LogP contribution >= 0.6 is 0 Å². The molecule has 0 N–H and O–H groups in total. The minimum absolute atomic E-state index is 0.602. The summed E-state index contributed by atoms with van der Waals surface area (Å²) in [5, 5.41) is 19.3. The molecule has 294 valence electrons. The van der Waals surface area contributed by atoms with Gasteiger partial charge in [0.05, 0.1) is 0 Å². The lowest BCUT2D eigenvalue weighted by Crippen LogP contribution is -2.29. The smallest absolute Gasteiger partial charge is 0.176 e. The molecule has 0 aromatic heterocycles. The predicted molar refractivity (Wildman–Crippen MR) is 238 cm³/mol. The van der Waals surface area contributed by atoms with Gasteiger partial charge in [-0.3, -0.25) is 0 Å². The fraction of sp³-hybridized carbons (Fsp3) is 0.358. The van der Waals surface area contributed by atoms with Crippen LogP contribution in [0.15, 0.2) is 146 Å². The molecule has 57 heavy (non-hydrogen) atoms. The normalized spacial score (nSPS) is 18.4. The quantitative estimate of drug-likeness (QED) is 0.0894. The molecule has 0 aliphatic heterocycles. The lowest BCUT2D eigenvalue weighted by molar-refractivity contribution is 0.0321. The Kier molecular flexibility index (Phi) is 17.4. The molecule has 0 spiro atoms.